The summed E-state index contributed by atoms with van der Waals surface area (Å²) in [5.41, 5.74) is 2.50. The number of rotatable bonds is 6. The van der Waals surface area contributed by atoms with E-state index in [1.54, 1.807) is 7.11 Å². The van der Waals surface area contributed by atoms with Crippen molar-refractivity contribution < 1.29 is 4.74 Å². The van der Waals surface area contributed by atoms with Gasteiger partial charge in [0.05, 0.1) is 13.2 Å². The van der Waals surface area contributed by atoms with Gasteiger partial charge in [-0.3, -0.25) is 0 Å². The molecule has 0 fully saturated rings. The first kappa shape index (κ1) is 15.7. The van der Waals surface area contributed by atoms with Gasteiger partial charge in [-0.05, 0) is 55.3 Å². The molecule has 0 aliphatic rings. The van der Waals surface area contributed by atoms with Crippen molar-refractivity contribution in [2.45, 2.75) is 26.3 Å². The minimum absolute atomic E-state index is 0.349. The Kier molecular flexibility index (Phi) is 5.51. The van der Waals surface area contributed by atoms with Gasteiger partial charge in [0.1, 0.15) is 5.75 Å². The summed E-state index contributed by atoms with van der Waals surface area (Å²) < 4.78 is 5.24. The van der Waals surface area contributed by atoms with Crippen LogP contribution in [0, 0.1) is 0 Å². The van der Waals surface area contributed by atoms with Gasteiger partial charge in [0.25, 0.3) is 0 Å². The third-order valence-electron chi connectivity index (χ3n) is 3.76. The Bertz CT molecular complexity index is 550. The molecule has 0 heterocycles. The number of benzene rings is 2. The van der Waals surface area contributed by atoms with E-state index in [0.717, 1.165) is 23.7 Å². The number of hydrogen-bond acceptors (Lipinski definition) is 2. The fourth-order valence-electron chi connectivity index (χ4n) is 2.68. The highest BCUT2D eigenvalue weighted by atomic mass is 35.5. The van der Waals surface area contributed by atoms with Crippen LogP contribution in [0.25, 0.3) is 0 Å². The number of nitrogens with zero attached hydrogens (tertiary/aromatic N) is 1. The van der Waals surface area contributed by atoms with Crippen molar-refractivity contribution in [3.05, 3.63) is 59.1 Å². The summed E-state index contributed by atoms with van der Waals surface area (Å²) >= 11 is 5.99. The molecule has 2 rings (SSSR count). The van der Waals surface area contributed by atoms with Crippen molar-refractivity contribution in [3.63, 3.8) is 0 Å². The van der Waals surface area contributed by atoms with Crippen LogP contribution in [0.15, 0.2) is 48.5 Å². The zero-order valence-electron chi connectivity index (χ0n) is 12.8. The summed E-state index contributed by atoms with van der Waals surface area (Å²) in [4.78, 5) is 2.40. The molecule has 21 heavy (non-hydrogen) atoms. The topological polar surface area (TPSA) is 12.5 Å². The van der Waals surface area contributed by atoms with Crippen LogP contribution in [0.1, 0.15) is 31.9 Å². The second kappa shape index (κ2) is 7.37. The Morgan fingerprint density at radius 1 is 1.00 bits per heavy atom. The molecule has 2 nitrogen and oxygen atoms in total. The van der Waals surface area contributed by atoms with Crippen molar-refractivity contribution in [1.29, 1.82) is 0 Å². The first-order valence-corrected chi connectivity index (χ1v) is 7.73. The molecular formula is C18H22ClNO. The monoisotopic (exact) mass is 303 g/mol. The fraction of sp³-hybridized carbons (Fsp3) is 0.333. The van der Waals surface area contributed by atoms with Crippen LogP contribution in [0.5, 0.6) is 5.75 Å². The van der Waals surface area contributed by atoms with Gasteiger partial charge in [-0.2, -0.15) is 0 Å². The molecule has 112 valence electrons. The van der Waals surface area contributed by atoms with Gasteiger partial charge in [0.15, 0.2) is 0 Å². The molecule has 0 N–H and O–H groups in total. The van der Waals surface area contributed by atoms with Gasteiger partial charge in [-0.25, -0.2) is 0 Å². The molecule has 0 spiro atoms. The normalized spacial score (nSPS) is 12.0. The zero-order valence-corrected chi connectivity index (χ0v) is 13.6. The van der Waals surface area contributed by atoms with Gasteiger partial charge < -0.3 is 9.64 Å². The fourth-order valence-corrected chi connectivity index (χ4v) is 2.80. The van der Waals surface area contributed by atoms with Gasteiger partial charge in [0.2, 0.25) is 0 Å². The first-order valence-electron chi connectivity index (χ1n) is 7.35. The maximum atomic E-state index is 5.99. The lowest BCUT2D eigenvalue weighted by Crippen LogP contribution is -2.28. The molecule has 0 aliphatic heterocycles. The number of methoxy groups -OCH3 is 1. The standard InChI is InChI=1S/C18H22ClNO/c1-4-18(14-6-12-17(21-3)13-7-14)20(5-2)16-10-8-15(19)9-11-16/h6-13,18H,4-5H2,1-3H3/t18-/m1/s1. The Labute approximate surface area is 132 Å². The van der Waals surface area contributed by atoms with E-state index >= 15 is 0 Å². The predicted molar refractivity (Wildman–Crippen MR) is 90.5 cm³/mol. The molecular weight excluding hydrogens is 282 g/mol. The van der Waals surface area contributed by atoms with Gasteiger partial charge >= 0.3 is 0 Å². The van der Waals surface area contributed by atoms with Crippen LogP contribution >= 0.6 is 11.6 Å². The minimum Gasteiger partial charge on any atom is -0.497 e. The second-order valence-electron chi connectivity index (χ2n) is 4.96. The lowest BCUT2D eigenvalue weighted by molar-refractivity contribution is 0.414. The quantitative estimate of drug-likeness (QED) is 0.715. The summed E-state index contributed by atoms with van der Waals surface area (Å²) in [5, 5.41) is 0.771. The number of hydrogen-bond donors (Lipinski definition) is 0. The first-order chi connectivity index (χ1) is 10.2. The van der Waals surface area contributed by atoms with E-state index in [4.69, 9.17) is 16.3 Å². The largest absolute Gasteiger partial charge is 0.497 e. The molecule has 0 aliphatic carbocycles. The third-order valence-corrected chi connectivity index (χ3v) is 4.01. The van der Waals surface area contributed by atoms with E-state index in [2.05, 4.69) is 43.0 Å². The van der Waals surface area contributed by atoms with E-state index in [0.29, 0.717) is 6.04 Å². The highest BCUT2D eigenvalue weighted by molar-refractivity contribution is 6.30. The van der Waals surface area contributed by atoms with Crippen molar-refractivity contribution >= 4 is 17.3 Å². The molecule has 0 unspecified atom stereocenters. The van der Waals surface area contributed by atoms with Crippen LogP contribution in [-0.2, 0) is 0 Å². The van der Waals surface area contributed by atoms with E-state index in [9.17, 15) is 0 Å². The number of anilines is 1. The molecule has 0 saturated heterocycles. The third kappa shape index (κ3) is 3.70. The van der Waals surface area contributed by atoms with Gasteiger partial charge in [-0.1, -0.05) is 30.7 Å². The van der Waals surface area contributed by atoms with Crippen LogP contribution in [-0.4, -0.2) is 13.7 Å². The van der Waals surface area contributed by atoms with Crippen LogP contribution in [0.2, 0.25) is 5.02 Å². The maximum absolute atomic E-state index is 5.99. The van der Waals surface area contributed by atoms with E-state index in [-0.39, 0.29) is 0 Å². The van der Waals surface area contributed by atoms with Gasteiger partial charge in [-0.15, -0.1) is 0 Å². The SMILES string of the molecule is CC[C@H](c1ccc(OC)cc1)N(CC)c1ccc(Cl)cc1. The van der Waals surface area contributed by atoms with Crippen LogP contribution in [0.3, 0.4) is 0 Å². The summed E-state index contributed by atoms with van der Waals surface area (Å²) in [7, 11) is 1.69. The minimum atomic E-state index is 0.349. The summed E-state index contributed by atoms with van der Waals surface area (Å²) in [6.45, 7) is 5.35. The lowest BCUT2D eigenvalue weighted by Gasteiger charge is -2.32. The van der Waals surface area contributed by atoms with Crippen LogP contribution < -0.4 is 9.64 Å². The van der Waals surface area contributed by atoms with Crippen molar-refractivity contribution in [3.8, 4) is 5.75 Å². The van der Waals surface area contributed by atoms with Crippen LogP contribution in [0.4, 0.5) is 5.69 Å². The van der Waals surface area contributed by atoms with E-state index < -0.39 is 0 Å². The van der Waals surface area contributed by atoms with E-state index in [1.165, 1.54) is 11.3 Å². The average Bonchev–Trinajstić information content (AvgIpc) is 2.54. The Hall–Kier alpha value is -1.67. The zero-order chi connectivity index (χ0) is 15.2. The molecule has 2 aromatic carbocycles. The molecule has 0 aromatic heterocycles. The van der Waals surface area contributed by atoms with E-state index in [1.807, 2.05) is 24.3 Å². The second-order valence-corrected chi connectivity index (χ2v) is 5.40. The lowest BCUT2D eigenvalue weighted by atomic mass is 10.0. The highest BCUT2D eigenvalue weighted by Crippen LogP contribution is 2.31. The van der Waals surface area contributed by atoms with Gasteiger partial charge in [0, 0.05) is 17.3 Å². The molecule has 0 saturated carbocycles. The summed E-state index contributed by atoms with van der Waals surface area (Å²) in [6.07, 6.45) is 1.04. The Balaban J connectivity index is 2.29. The Morgan fingerprint density at radius 2 is 1.62 bits per heavy atom. The number of ether oxygens (including phenoxy) is 1. The smallest absolute Gasteiger partial charge is 0.118 e. The maximum Gasteiger partial charge on any atom is 0.118 e. The number of halogens is 1. The molecule has 2 aromatic rings. The highest BCUT2D eigenvalue weighted by Gasteiger charge is 2.17. The molecule has 0 radical (unpaired) electrons. The molecule has 3 heteroatoms. The van der Waals surface area contributed by atoms with Crippen molar-refractivity contribution in [1.82, 2.24) is 0 Å². The summed E-state index contributed by atoms with van der Waals surface area (Å²) in [5.74, 6) is 0.892. The Morgan fingerprint density at radius 3 is 2.10 bits per heavy atom. The molecule has 0 bridgehead atoms. The average molecular weight is 304 g/mol. The van der Waals surface area contributed by atoms with Crippen molar-refractivity contribution in [2.75, 3.05) is 18.6 Å². The summed E-state index contributed by atoms with van der Waals surface area (Å²) in [6, 6.07) is 16.7. The van der Waals surface area contributed by atoms with Crippen molar-refractivity contribution in [2.24, 2.45) is 0 Å². The predicted octanol–water partition coefficient (Wildman–Crippen LogP) is 5.33. The molecule has 1 atom stereocenters. The molecule has 0 amide bonds.